The number of carbonyl (C=O) groups is 1. The minimum absolute atomic E-state index is 0.0732. The average Bonchev–Trinajstić information content (AvgIpc) is 2.74. The molecule has 2 aromatic carbocycles. The van der Waals surface area contributed by atoms with Crippen molar-refractivity contribution in [1.29, 1.82) is 0 Å². The van der Waals surface area contributed by atoms with Crippen molar-refractivity contribution in [3.05, 3.63) is 71.0 Å². The van der Waals surface area contributed by atoms with Gasteiger partial charge >= 0.3 is 5.97 Å². The Labute approximate surface area is 174 Å². The highest BCUT2D eigenvalue weighted by atomic mass is 35.5. The first-order valence-electron chi connectivity index (χ1n) is 9.71. The number of hydrogen-bond donors (Lipinski definition) is 1. The molecule has 1 aliphatic heterocycles. The van der Waals surface area contributed by atoms with Crippen LogP contribution in [0, 0.1) is 5.92 Å². The van der Waals surface area contributed by atoms with Gasteiger partial charge in [-0.1, -0.05) is 23.7 Å². The molecule has 150 valence electrons. The molecule has 5 nitrogen and oxygen atoms in total. The fourth-order valence-corrected chi connectivity index (χ4v) is 4.36. The van der Waals surface area contributed by atoms with Gasteiger partial charge in [0.05, 0.1) is 19.1 Å². The van der Waals surface area contributed by atoms with E-state index in [-0.39, 0.29) is 12.0 Å². The Balaban J connectivity index is 1.79. The van der Waals surface area contributed by atoms with Crippen molar-refractivity contribution in [1.82, 2.24) is 9.88 Å². The second kappa shape index (κ2) is 8.39. The number of likely N-dealkylation sites (tertiary alicyclic amines) is 1. The van der Waals surface area contributed by atoms with Crippen molar-refractivity contribution >= 4 is 28.3 Å². The maximum absolute atomic E-state index is 11.4. The van der Waals surface area contributed by atoms with E-state index in [4.69, 9.17) is 16.3 Å². The first-order valence-corrected chi connectivity index (χ1v) is 10.1. The van der Waals surface area contributed by atoms with E-state index in [1.165, 1.54) is 0 Å². The van der Waals surface area contributed by atoms with Crippen molar-refractivity contribution in [2.24, 2.45) is 5.92 Å². The summed E-state index contributed by atoms with van der Waals surface area (Å²) in [7, 11) is 1.66. The number of halogens is 1. The lowest BCUT2D eigenvalue weighted by atomic mass is 9.90. The number of carboxylic acid groups (broad SMARTS) is 1. The molecule has 4 rings (SSSR count). The van der Waals surface area contributed by atoms with Gasteiger partial charge in [0.15, 0.2) is 0 Å². The predicted molar refractivity (Wildman–Crippen MR) is 114 cm³/mol. The maximum Gasteiger partial charge on any atom is 0.306 e. The second-order valence-electron chi connectivity index (χ2n) is 7.42. The molecule has 1 fully saturated rings. The van der Waals surface area contributed by atoms with Crippen molar-refractivity contribution in [3.8, 4) is 5.75 Å². The molecule has 1 unspecified atom stereocenters. The third-order valence-corrected chi connectivity index (χ3v) is 5.95. The van der Waals surface area contributed by atoms with Gasteiger partial charge in [-0.3, -0.25) is 14.7 Å². The van der Waals surface area contributed by atoms with Gasteiger partial charge in [0.25, 0.3) is 0 Å². The van der Waals surface area contributed by atoms with Gasteiger partial charge < -0.3 is 9.84 Å². The van der Waals surface area contributed by atoms with E-state index < -0.39 is 5.97 Å². The van der Waals surface area contributed by atoms with E-state index in [9.17, 15) is 9.90 Å². The zero-order chi connectivity index (χ0) is 20.4. The summed E-state index contributed by atoms with van der Waals surface area (Å²) >= 11 is 6.34. The van der Waals surface area contributed by atoms with Crippen molar-refractivity contribution in [2.45, 2.75) is 18.9 Å². The van der Waals surface area contributed by atoms with Crippen LogP contribution in [0.5, 0.6) is 5.75 Å². The van der Waals surface area contributed by atoms with E-state index >= 15 is 0 Å². The summed E-state index contributed by atoms with van der Waals surface area (Å²) in [5, 5.41) is 12.2. The van der Waals surface area contributed by atoms with Crippen molar-refractivity contribution in [2.75, 3.05) is 20.2 Å². The number of nitrogens with zero attached hydrogens (tertiary/aromatic N) is 2. The van der Waals surface area contributed by atoms with Gasteiger partial charge in [0.2, 0.25) is 0 Å². The van der Waals surface area contributed by atoms with E-state index in [1.54, 1.807) is 13.3 Å². The molecule has 3 aromatic rings. The number of carboxylic acids is 1. The monoisotopic (exact) mass is 410 g/mol. The number of methoxy groups -OCH3 is 1. The Morgan fingerprint density at radius 2 is 1.97 bits per heavy atom. The van der Waals surface area contributed by atoms with Crippen LogP contribution in [0.2, 0.25) is 5.02 Å². The van der Waals surface area contributed by atoms with Crippen LogP contribution in [-0.4, -0.2) is 41.2 Å². The Morgan fingerprint density at radius 3 is 2.69 bits per heavy atom. The molecule has 1 saturated heterocycles. The average molecular weight is 411 g/mol. The maximum atomic E-state index is 11.4. The number of benzene rings is 2. The lowest BCUT2D eigenvalue weighted by Crippen LogP contribution is -2.39. The lowest BCUT2D eigenvalue weighted by Gasteiger charge is -2.37. The summed E-state index contributed by atoms with van der Waals surface area (Å²) in [6, 6.07) is 13.9. The van der Waals surface area contributed by atoms with E-state index in [2.05, 4.69) is 28.1 Å². The Bertz CT molecular complexity index is 1030. The number of pyridine rings is 1. The third kappa shape index (κ3) is 4.07. The van der Waals surface area contributed by atoms with Crippen LogP contribution in [0.15, 0.2) is 54.9 Å². The Morgan fingerprint density at radius 1 is 1.17 bits per heavy atom. The molecule has 0 saturated carbocycles. The molecule has 0 radical (unpaired) electrons. The van der Waals surface area contributed by atoms with Gasteiger partial charge in [-0.25, -0.2) is 0 Å². The second-order valence-corrected chi connectivity index (χ2v) is 7.86. The molecule has 29 heavy (non-hydrogen) atoms. The molecule has 1 N–H and O–H groups in total. The Kier molecular flexibility index (Phi) is 5.69. The summed E-state index contributed by atoms with van der Waals surface area (Å²) < 4.78 is 5.65. The molecule has 6 heteroatoms. The van der Waals surface area contributed by atoms with E-state index in [1.807, 2.05) is 30.5 Å². The summed E-state index contributed by atoms with van der Waals surface area (Å²) in [5.74, 6) is -0.217. The highest BCUT2D eigenvalue weighted by Gasteiger charge is 2.31. The van der Waals surface area contributed by atoms with Crippen molar-refractivity contribution in [3.63, 3.8) is 0 Å². The first kappa shape index (κ1) is 19.7. The molecule has 1 aliphatic rings. The highest BCUT2D eigenvalue weighted by Crippen LogP contribution is 2.39. The summed E-state index contributed by atoms with van der Waals surface area (Å²) in [5.41, 5.74) is 2.11. The van der Waals surface area contributed by atoms with Gasteiger partial charge in [-0.05, 0) is 67.2 Å². The van der Waals surface area contributed by atoms with Crippen LogP contribution < -0.4 is 4.74 Å². The van der Waals surface area contributed by atoms with Gasteiger partial charge in [0.1, 0.15) is 5.75 Å². The van der Waals surface area contributed by atoms with Crippen molar-refractivity contribution < 1.29 is 14.6 Å². The molecule has 0 aliphatic carbocycles. The van der Waals surface area contributed by atoms with Crippen LogP contribution in [0.1, 0.15) is 30.0 Å². The quantitative estimate of drug-likeness (QED) is 0.655. The topological polar surface area (TPSA) is 62.7 Å². The molecule has 0 amide bonds. The molecule has 1 atom stereocenters. The molecule has 2 heterocycles. The lowest BCUT2D eigenvalue weighted by molar-refractivity contribution is -0.143. The fourth-order valence-electron chi connectivity index (χ4n) is 4.18. The number of aromatic nitrogens is 1. The van der Waals surface area contributed by atoms with Crippen LogP contribution in [-0.2, 0) is 4.79 Å². The van der Waals surface area contributed by atoms with Crippen LogP contribution in [0.3, 0.4) is 0 Å². The van der Waals surface area contributed by atoms with Gasteiger partial charge in [-0.15, -0.1) is 0 Å². The number of piperidine rings is 1. The molecule has 0 bridgehead atoms. The van der Waals surface area contributed by atoms with Crippen LogP contribution >= 0.6 is 11.6 Å². The number of aliphatic carboxylic acids is 1. The summed E-state index contributed by atoms with van der Waals surface area (Å²) in [4.78, 5) is 17.9. The number of rotatable bonds is 5. The normalized spacial score (nSPS) is 16.6. The molecule has 1 aromatic heterocycles. The minimum atomic E-state index is -0.709. The molecule has 0 spiro atoms. The minimum Gasteiger partial charge on any atom is -0.496 e. The zero-order valence-electron chi connectivity index (χ0n) is 16.2. The third-order valence-electron chi connectivity index (χ3n) is 5.71. The SMILES string of the molecule is COc1ccc(Cl)cc1C(c1ccc2cnccc2c1)N1CCC(C(=O)O)CC1. The molecular weight excluding hydrogens is 388 g/mol. The van der Waals surface area contributed by atoms with Gasteiger partial charge in [0, 0.05) is 28.4 Å². The predicted octanol–water partition coefficient (Wildman–Crippen LogP) is 4.78. The highest BCUT2D eigenvalue weighted by molar-refractivity contribution is 6.30. The van der Waals surface area contributed by atoms with Crippen LogP contribution in [0.4, 0.5) is 0 Å². The summed E-state index contributed by atoms with van der Waals surface area (Å²) in [6.45, 7) is 1.40. The first-order chi connectivity index (χ1) is 14.1. The largest absolute Gasteiger partial charge is 0.496 e. The number of fused-ring (bicyclic) bond motifs is 1. The summed E-state index contributed by atoms with van der Waals surface area (Å²) in [6.07, 6.45) is 4.91. The van der Waals surface area contributed by atoms with Gasteiger partial charge in [-0.2, -0.15) is 0 Å². The number of hydrogen-bond acceptors (Lipinski definition) is 4. The number of ether oxygens (including phenoxy) is 1. The zero-order valence-corrected chi connectivity index (χ0v) is 17.0. The fraction of sp³-hybridized carbons (Fsp3) is 0.304. The standard InChI is InChI=1S/C23H23ClN2O3/c1-29-21-5-4-19(24)13-20(21)22(26-10-7-15(8-11-26)23(27)28)17-2-3-18-14-25-9-6-16(18)12-17/h2-6,9,12-15,22H,7-8,10-11H2,1H3,(H,27,28). The molecular formula is C23H23ClN2O3. The smallest absolute Gasteiger partial charge is 0.306 e. The van der Waals surface area contributed by atoms with E-state index in [0.29, 0.717) is 31.0 Å². The van der Waals surface area contributed by atoms with E-state index in [0.717, 1.165) is 27.6 Å². The Hall–Kier alpha value is -2.63. The van der Waals surface area contributed by atoms with Crippen LogP contribution in [0.25, 0.3) is 10.8 Å².